The molecule has 1 heterocycles. The van der Waals surface area contributed by atoms with Crippen LogP contribution in [-0.4, -0.2) is 16.1 Å². The molecule has 0 fully saturated rings. The fourth-order valence-corrected chi connectivity index (χ4v) is 1.91. The Bertz CT molecular complexity index is 688. The number of carbonyl (C=O) groups is 1. The standard InChI is InChI=1S/C14H9ClN2O2/c1-8-12(7-16)11(6-13(17-8)14(18)19)9-2-4-10(15)5-3-9/h2-6H,1H3,(H,18,19). The molecule has 2 rings (SSSR count). The van der Waals surface area contributed by atoms with Crippen molar-refractivity contribution in [3.63, 3.8) is 0 Å². The number of aryl methyl sites for hydroxylation is 1. The quantitative estimate of drug-likeness (QED) is 0.910. The van der Waals surface area contributed by atoms with Crippen molar-refractivity contribution in [3.8, 4) is 17.2 Å². The lowest BCUT2D eigenvalue weighted by molar-refractivity contribution is 0.0690. The first-order valence-corrected chi connectivity index (χ1v) is 5.81. The molecule has 0 saturated heterocycles. The number of carboxylic acid groups (broad SMARTS) is 1. The normalized spacial score (nSPS) is 9.95. The van der Waals surface area contributed by atoms with Gasteiger partial charge in [-0.15, -0.1) is 0 Å². The van der Waals surface area contributed by atoms with Crippen molar-refractivity contribution in [1.29, 1.82) is 5.26 Å². The lowest BCUT2D eigenvalue weighted by atomic mass is 9.99. The summed E-state index contributed by atoms with van der Waals surface area (Å²) in [6, 6.07) is 10.3. The molecule has 1 aromatic carbocycles. The van der Waals surface area contributed by atoms with E-state index in [0.717, 1.165) is 5.56 Å². The highest BCUT2D eigenvalue weighted by molar-refractivity contribution is 6.30. The molecule has 5 heteroatoms. The van der Waals surface area contributed by atoms with E-state index in [1.54, 1.807) is 31.2 Å². The summed E-state index contributed by atoms with van der Waals surface area (Å²) in [7, 11) is 0. The van der Waals surface area contributed by atoms with E-state index in [1.807, 2.05) is 0 Å². The van der Waals surface area contributed by atoms with Gasteiger partial charge in [0.15, 0.2) is 0 Å². The van der Waals surface area contributed by atoms with Crippen molar-refractivity contribution in [2.24, 2.45) is 0 Å². The highest BCUT2D eigenvalue weighted by Gasteiger charge is 2.14. The molecule has 94 valence electrons. The number of nitriles is 1. The summed E-state index contributed by atoms with van der Waals surface area (Å²) >= 11 is 5.81. The predicted octanol–water partition coefficient (Wildman–Crippen LogP) is 3.28. The maximum Gasteiger partial charge on any atom is 0.354 e. The van der Waals surface area contributed by atoms with Crippen molar-refractivity contribution in [2.45, 2.75) is 6.92 Å². The van der Waals surface area contributed by atoms with E-state index in [4.69, 9.17) is 16.7 Å². The second-order valence-corrected chi connectivity index (χ2v) is 4.38. The average molecular weight is 273 g/mol. The number of aromatic carboxylic acids is 1. The van der Waals surface area contributed by atoms with Crippen molar-refractivity contribution in [3.05, 3.63) is 52.3 Å². The zero-order valence-electron chi connectivity index (χ0n) is 10.0. The van der Waals surface area contributed by atoms with Crippen LogP contribution in [0.2, 0.25) is 5.02 Å². The third-order valence-corrected chi connectivity index (χ3v) is 2.94. The topological polar surface area (TPSA) is 74.0 Å². The van der Waals surface area contributed by atoms with E-state index in [2.05, 4.69) is 11.1 Å². The van der Waals surface area contributed by atoms with Crippen LogP contribution in [0.1, 0.15) is 21.7 Å². The monoisotopic (exact) mass is 272 g/mol. The zero-order valence-corrected chi connectivity index (χ0v) is 10.8. The van der Waals surface area contributed by atoms with Gasteiger partial charge in [-0.1, -0.05) is 23.7 Å². The van der Waals surface area contributed by atoms with Crippen molar-refractivity contribution >= 4 is 17.6 Å². The number of carboxylic acids is 1. The molecule has 0 aliphatic rings. The third kappa shape index (κ3) is 2.56. The lowest BCUT2D eigenvalue weighted by Crippen LogP contribution is -2.04. The molecule has 0 spiro atoms. The second-order valence-electron chi connectivity index (χ2n) is 3.94. The molecule has 0 saturated carbocycles. The molecule has 2 aromatic rings. The van der Waals surface area contributed by atoms with Gasteiger partial charge in [0.05, 0.1) is 11.3 Å². The first-order chi connectivity index (χ1) is 9.02. The Morgan fingerprint density at radius 1 is 1.37 bits per heavy atom. The van der Waals surface area contributed by atoms with Gasteiger partial charge >= 0.3 is 5.97 Å². The SMILES string of the molecule is Cc1nc(C(=O)O)cc(-c2ccc(Cl)cc2)c1C#N. The van der Waals surface area contributed by atoms with Crippen LogP contribution < -0.4 is 0 Å². The fraction of sp³-hybridized carbons (Fsp3) is 0.0714. The van der Waals surface area contributed by atoms with Gasteiger partial charge in [0, 0.05) is 10.6 Å². The highest BCUT2D eigenvalue weighted by Crippen LogP contribution is 2.27. The first-order valence-electron chi connectivity index (χ1n) is 5.44. The van der Waals surface area contributed by atoms with Gasteiger partial charge < -0.3 is 5.11 Å². The number of aromatic nitrogens is 1. The predicted molar refractivity (Wildman–Crippen MR) is 71.1 cm³/mol. The van der Waals surface area contributed by atoms with Crippen molar-refractivity contribution in [2.75, 3.05) is 0 Å². The van der Waals surface area contributed by atoms with E-state index >= 15 is 0 Å². The molecular formula is C14H9ClN2O2. The van der Waals surface area contributed by atoms with E-state index in [9.17, 15) is 10.1 Å². The van der Waals surface area contributed by atoms with Crippen LogP contribution in [-0.2, 0) is 0 Å². The number of hydrogen-bond acceptors (Lipinski definition) is 3. The molecule has 0 atom stereocenters. The smallest absolute Gasteiger partial charge is 0.354 e. The van der Waals surface area contributed by atoms with Gasteiger partial charge in [0.2, 0.25) is 0 Å². The zero-order chi connectivity index (χ0) is 14.0. The molecule has 1 N–H and O–H groups in total. The minimum Gasteiger partial charge on any atom is -0.477 e. The van der Waals surface area contributed by atoms with Crippen LogP contribution in [0.5, 0.6) is 0 Å². The molecule has 0 amide bonds. The summed E-state index contributed by atoms with van der Waals surface area (Å²) in [5, 5.41) is 18.8. The van der Waals surface area contributed by atoms with Crippen molar-refractivity contribution in [1.82, 2.24) is 4.98 Å². The summed E-state index contributed by atoms with van der Waals surface area (Å²) in [5.41, 5.74) is 1.96. The fourth-order valence-electron chi connectivity index (χ4n) is 1.78. The molecule has 0 radical (unpaired) electrons. The van der Waals surface area contributed by atoms with Gasteiger partial charge in [-0.2, -0.15) is 5.26 Å². The maximum atomic E-state index is 11.0. The maximum absolute atomic E-state index is 11.0. The molecule has 4 nitrogen and oxygen atoms in total. The summed E-state index contributed by atoms with van der Waals surface area (Å²) in [5.74, 6) is -1.12. The van der Waals surface area contributed by atoms with E-state index in [1.165, 1.54) is 6.07 Å². The second kappa shape index (κ2) is 5.09. The molecule has 0 unspecified atom stereocenters. The molecule has 19 heavy (non-hydrogen) atoms. The van der Waals surface area contributed by atoms with Gasteiger partial charge in [-0.3, -0.25) is 0 Å². The number of benzene rings is 1. The molecule has 0 bridgehead atoms. The number of nitrogens with zero attached hydrogens (tertiary/aromatic N) is 2. The van der Waals surface area contributed by atoms with Crippen LogP contribution in [0, 0.1) is 18.3 Å². The van der Waals surface area contributed by atoms with Gasteiger partial charge in [-0.25, -0.2) is 9.78 Å². The summed E-state index contributed by atoms with van der Waals surface area (Å²) < 4.78 is 0. The minimum atomic E-state index is -1.12. The average Bonchev–Trinajstić information content (AvgIpc) is 2.38. The molecule has 0 aliphatic heterocycles. The first kappa shape index (κ1) is 13.1. The molecule has 0 aliphatic carbocycles. The number of rotatable bonds is 2. The number of pyridine rings is 1. The molecule has 1 aromatic heterocycles. The Morgan fingerprint density at radius 2 is 2.00 bits per heavy atom. The van der Waals surface area contributed by atoms with Gasteiger partial charge in [0.1, 0.15) is 11.8 Å². The molecular weight excluding hydrogens is 264 g/mol. The number of hydrogen-bond donors (Lipinski definition) is 1. The Kier molecular flexibility index (Phi) is 3.50. The van der Waals surface area contributed by atoms with Crippen LogP contribution >= 0.6 is 11.6 Å². The lowest BCUT2D eigenvalue weighted by Gasteiger charge is -2.08. The summed E-state index contributed by atoms with van der Waals surface area (Å²) in [6.45, 7) is 1.62. The van der Waals surface area contributed by atoms with Crippen LogP contribution in [0.3, 0.4) is 0 Å². The Morgan fingerprint density at radius 3 is 2.53 bits per heavy atom. The Hall–Kier alpha value is -2.38. The highest BCUT2D eigenvalue weighted by atomic mass is 35.5. The Balaban J connectivity index is 2.70. The van der Waals surface area contributed by atoms with Crippen LogP contribution in [0.25, 0.3) is 11.1 Å². The number of halogens is 1. The van der Waals surface area contributed by atoms with Gasteiger partial charge in [-0.05, 0) is 30.7 Å². The third-order valence-electron chi connectivity index (χ3n) is 2.69. The summed E-state index contributed by atoms with van der Waals surface area (Å²) in [4.78, 5) is 14.9. The largest absolute Gasteiger partial charge is 0.477 e. The summed E-state index contributed by atoms with van der Waals surface area (Å²) in [6.07, 6.45) is 0. The Labute approximate surface area is 114 Å². The van der Waals surface area contributed by atoms with Crippen LogP contribution in [0.15, 0.2) is 30.3 Å². The van der Waals surface area contributed by atoms with E-state index in [0.29, 0.717) is 21.8 Å². The van der Waals surface area contributed by atoms with Crippen LogP contribution in [0.4, 0.5) is 0 Å². The van der Waals surface area contributed by atoms with E-state index in [-0.39, 0.29) is 5.69 Å². The van der Waals surface area contributed by atoms with E-state index < -0.39 is 5.97 Å². The van der Waals surface area contributed by atoms with Crippen molar-refractivity contribution < 1.29 is 9.90 Å². The minimum absolute atomic E-state index is 0.0820. The van der Waals surface area contributed by atoms with Gasteiger partial charge in [0.25, 0.3) is 0 Å².